The summed E-state index contributed by atoms with van der Waals surface area (Å²) in [4.78, 5) is 3.67. The molecule has 0 fully saturated rings. The maximum atomic E-state index is 12.5. The monoisotopic (exact) mass is 258 g/mol. The van der Waals surface area contributed by atoms with Crippen LogP contribution < -0.4 is 5.73 Å². The van der Waals surface area contributed by atoms with Gasteiger partial charge in [0.15, 0.2) is 6.23 Å². The van der Waals surface area contributed by atoms with Crippen LogP contribution in [-0.2, 0) is 4.74 Å². The van der Waals surface area contributed by atoms with Crippen molar-refractivity contribution in [3.05, 3.63) is 11.6 Å². The summed E-state index contributed by atoms with van der Waals surface area (Å²) in [5.41, 5.74) is 5.97. The van der Waals surface area contributed by atoms with Gasteiger partial charge in [-0.1, -0.05) is 6.08 Å². The second-order valence-electron chi connectivity index (χ2n) is 3.46. The predicted molar refractivity (Wildman–Crippen MR) is 51.0 cm³/mol. The summed E-state index contributed by atoms with van der Waals surface area (Å²) < 4.78 is 64.8. The zero-order chi connectivity index (χ0) is 13.1. The summed E-state index contributed by atoms with van der Waals surface area (Å²) in [5.74, 6) is -4.86. The highest BCUT2D eigenvalue weighted by Gasteiger charge is 2.57. The van der Waals surface area contributed by atoms with Crippen molar-refractivity contribution < 1.29 is 26.7 Å². The molecular weight excluding hydrogens is 247 g/mol. The van der Waals surface area contributed by atoms with Gasteiger partial charge in [0.2, 0.25) is 0 Å². The van der Waals surface area contributed by atoms with E-state index in [0.29, 0.717) is 5.57 Å². The van der Waals surface area contributed by atoms with Crippen LogP contribution in [0, 0.1) is 0 Å². The number of hydrogen-bond acceptors (Lipinski definition) is 3. The van der Waals surface area contributed by atoms with Crippen molar-refractivity contribution >= 4 is 6.21 Å². The van der Waals surface area contributed by atoms with Crippen LogP contribution in [-0.4, -0.2) is 37.7 Å². The summed E-state index contributed by atoms with van der Waals surface area (Å²) in [7, 11) is 0. The fourth-order valence-electron chi connectivity index (χ4n) is 1.07. The summed E-state index contributed by atoms with van der Waals surface area (Å²) in [6.07, 6.45) is -3.59. The van der Waals surface area contributed by atoms with Crippen molar-refractivity contribution in [1.29, 1.82) is 0 Å². The van der Waals surface area contributed by atoms with Crippen LogP contribution in [0.5, 0.6) is 0 Å². The molecular formula is C9H11F5N2O. The average Bonchev–Trinajstić information content (AvgIpc) is 2.25. The predicted octanol–water partition coefficient (Wildman–Crippen LogP) is 1.89. The molecule has 1 atom stereocenters. The summed E-state index contributed by atoms with van der Waals surface area (Å²) in [5, 5.41) is 0. The topological polar surface area (TPSA) is 47.6 Å². The number of nitrogens with two attached hydrogens (primary N) is 1. The molecule has 0 saturated carbocycles. The van der Waals surface area contributed by atoms with Gasteiger partial charge in [0.25, 0.3) is 0 Å². The highest BCUT2D eigenvalue weighted by Crippen LogP contribution is 2.35. The van der Waals surface area contributed by atoms with Crippen LogP contribution in [0.1, 0.15) is 6.42 Å². The largest absolute Gasteiger partial charge is 0.455 e. The maximum Gasteiger partial charge on any atom is 0.455 e. The molecule has 1 aliphatic rings. The molecule has 1 aliphatic heterocycles. The van der Waals surface area contributed by atoms with Crippen molar-refractivity contribution in [3.63, 3.8) is 0 Å². The third-order valence-electron chi connectivity index (χ3n) is 2.10. The molecule has 2 N–H and O–H groups in total. The Morgan fingerprint density at radius 1 is 1.35 bits per heavy atom. The maximum absolute atomic E-state index is 12.5. The fraction of sp³-hybridized carbons (Fsp3) is 0.667. The molecule has 1 rings (SSSR count). The van der Waals surface area contributed by atoms with Crippen molar-refractivity contribution in [2.24, 2.45) is 10.7 Å². The van der Waals surface area contributed by atoms with Crippen LogP contribution in [0.15, 0.2) is 16.6 Å². The Balaban J connectivity index is 2.44. The number of nitrogens with zero attached hydrogens (tertiary/aromatic N) is 1. The third-order valence-corrected chi connectivity index (χ3v) is 2.10. The lowest BCUT2D eigenvalue weighted by Gasteiger charge is -2.22. The van der Waals surface area contributed by atoms with E-state index < -0.39 is 24.9 Å². The minimum atomic E-state index is -5.61. The number of alkyl halides is 5. The average molecular weight is 258 g/mol. The van der Waals surface area contributed by atoms with Crippen molar-refractivity contribution in [1.82, 2.24) is 0 Å². The normalized spacial score (nSPS) is 21.5. The van der Waals surface area contributed by atoms with Gasteiger partial charge in [-0.25, -0.2) is 0 Å². The van der Waals surface area contributed by atoms with Gasteiger partial charge in [0, 0.05) is 19.2 Å². The van der Waals surface area contributed by atoms with Gasteiger partial charge in [-0.3, -0.25) is 4.99 Å². The molecule has 0 aromatic rings. The first kappa shape index (κ1) is 14.0. The van der Waals surface area contributed by atoms with Crippen LogP contribution in [0.25, 0.3) is 0 Å². The van der Waals surface area contributed by atoms with E-state index in [1.165, 1.54) is 6.21 Å². The third kappa shape index (κ3) is 3.74. The molecule has 0 bridgehead atoms. The lowest BCUT2D eigenvalue weighted by Crippen LogP contribution is -2.41. The smallest absolute Gasteiger partial charge is 0.350 e. The molecule has 98 valence electrons. The molecule has 0 spiro atoms. The summed E-state index contributed by atoms with van der Waals surface area (Å²) in [6.45, 7) is -1.50. The number of hydrogen-bond donors (Lipinski definition) is 1. The Labute approximate surface area is 94.1 Å². The second-order valence-corrected chi connectivity index (χ2v) is 3.46. The summed E-state index contributed by atoms with van der Waals surface area (Å²) >= 11 is 0. The van der Waals surface area contributed by atoms with E-state index in [2.05, 4.69) is 9.73 Å². The molecule has 8 heteroatoms. The quantitative estimate of drug-likeness (QED) is 0.783. The standard InChI is InChI=1S/C9H11F5N2O/c10-8(11,9(12,13)14)5-17-7-2-1-6(3-15)4-16-7/h1,4,7H,2-3,5,15H2. The van der Waals surface area contributed by atoms with Gasteiger partial charge in [-0.15, -0.1) is 0 Å². The Bertz CT molecular complexity index is 324. The van der Waals surface area contributed by atoms with E-state index in [1.54, 1.807) is 6.08 Å². The van der Waals surface area contributed by atoms with Crippen molar-refractivity contribution in [2.45, 2.75) is 24.7 Å². The van der Waals surface area contributed by atoms with Gasteiger partial charge in [0.1, 0.15) is 6.61 Å². The van der Waals surface area contributed by atoms with Gasteiger partial charge in [-0.2, -0.15) is 22.0 Å². The molecule has 0 aliphatic carbocycles. The van der Waals surface area contributed by atoms with Gasteiger partial charge < -0.3 is 10.5 Å². The van der Waals surface area contributed by atoms with E-state index in [4.69, 9.17) is 5.73 Å². The van der Waals surface area contributed by atoms with Crippen LogP contribution in [0.4, 0.5) is 22.0 Å². The SMILES string of the molecule is NCC1=CCC(OCC(F)(F)C(F)(F)F)N=C1. The zero-order valence-corrected chi connectivity index (χ0v) is 8.68. The number of halogens is 5. The lowest BCUT2D eigenvalue weighted by atomic mass is 10.2. The van der Waals surface area contributed by atoms with Gasteiger partial charge in [0.05, 0.1) is 0 Å². The molecule has 3 nitrogen and oxygen atoms in total. The highest BCUT2D eigenvalue weighted by molar-refractivity contribution is 5.79. The van der Waals surface area contributed by atoms with Gasteiger partial charge in [-0.05, 0) is 5.57 Å². The minimum absolute atomic E-state index is 0.136. The number of aliphatic imine (C=N–C) groups is 1. The minimum Gasteiger partial charge on any atom is -0.350 e. The van der Waals surface area contributed by atoms with Gasteiger partial charge >= 0.3 is 12.1 Å². The number of rotatable bonds is 4. The van der Waals surface area contributed by atoms with Crippen molar-refractivity contribution in [2.75, 3.05) is 13.2 Å². The number of ether oxygens (including phenoxy) is 1. The first-order valence-electron chi connectivity index (χ1n) is 4.74. The first-order chi connectivity index (χ1) is 7.76. The fourth-order valence-corrected chi connectivity index (χ4v) is 1.07. The van der Waals surface area contributed by atoms with Crippen molar-refractivity contribution in [3.8, 4) is 0 Å². The lowest BCUT2D eigenvalue weighted by molar-refractivity contribution is -0.299. The number of dihydropyridines is 1. The van der Waals surface area contributed by atoms with E-state index >= 15 is 0 Å². The summed E-state index contributed by atoms with van der Waals surface area (Å²) in [6, 6.07) is 0. The van der Waals surface area contributed by atoms with Crippen LogP contribution >= 0.6 is 0 Å². The Morgan fingerprint density at radius 3 is 2.41 bits per heavy atom. The molecule has 1 heterocycles. The van der Waals surface area contributed by atoms with Crippen LogP contribution in [0.2, 0.25) is 0 Å². The van der Waals surface area contributed by atoms with Crippen LogP contribution in [0.3, 0.4) is 0 Å². The second kappa shape index (κ2) is 5.09. The molecule has 17 heavy (non-hydrogen) atoms. The molecule has 0 aromatic heterocycles. The molecule has 0 saturated heterocycles. The van der Waals surface area contributed by atoms with E-state index in [1.807, 2.05) is 0 Å². The zero-order valence-electron chi connectivity index (χ0n) is 8.68. The Morgan fingerprint density at radius 2 is 2.00 bits per heavy atom. The van der Waals surface area contributed by atoms with E-state index in [-0.39, 0.29) is 13.0 Å². The Kier molecular flexibility index (Phi) is 4.21. The van der Waals surface area contributed by atoms with E-state index in [0.717, 1.165) is 0 Å². The molecule has 0 radical (unpaired) electrons. The molecule has 1 unspecified atom stereocenters. The first-order valence-corrected chi connectivity index (χ1v) is 4.74. The molecule has 0 aromatic carbocycles. The highest BCUT2D eigenvalue weighted by atomic mass is 19.4. The Hall–Kier alpha value is -1.02. The van der Waals surface area contributed by atoms with E-state index in [9.17, 15) is 22.0 Å². The molecule has 0 amide bonds.